The molecule has 0 aliphatic carbocycles. The van der Waals surface area contributed by atoms with Crippen LogP contribution in [0.25, 0.3) is 27.7 Å². The Kier molecular flexibility index (Phi) is 3.75. The van der Waals surface area contributed by atoms with Crippen LogP contribution in [0.15, 0.2) is 87.1 Å². The minimum Gasteiger partial charge on any atom is -0.415 e. The maximum atomic E-state index is 12.3. The molecule has 0 atom stereocenters. The van der Waals surface area contributed by atoms with Crippen LogP contribution in [-0.4, -0.2) is 13.0 Å². The van der Waals surface area contributed by atoms with E-state index in [9.17, 15) is 13.2 Å². The van der Waals surface area contributed by atoms with E-state index in [1.54, 1.807) is 12.1 Å². The molecular weight excluding hydrogens is 352 g/mol. The molecule has 0 radical (unpaired) electrons. The van der Waals surface area contributed by atoms with E-state index in [1.807, 2.05) is 42.5 Å². The molecule has 1 aromatic heterocycles. The number of fused-ring (bicyclic) bond motifs is 1. The van der Waals surface area contributed by atoms with Crippen molar-refractivity contribution in [1.29, 1.82) is 0 Å². The molecule has 0 aliphatic heterocycles. The summed E-state index contributed by atoms with van der Waals surface area (Å²) in [4.78, 5) is 12.3. The molecule has 0 saturated carbocycles. The molecule has 2 N–H and O–H groups in total. The van der Waals surface area contributed by atoms with Gasteiger partial charge < -0.3 is 4.42 Å². The zero-order valence-electron chi connectivity index (χ0n) is 13.5. The van der Waals surface area contributed by atoms with Gasteiger partial charge in [0.15, 0.2) is 0 Å². The summed E-state index contributed by atoms with van der Waals surface area (Å²) in [5.41, 5.74) is 1.82. The third-order valence-corrected chi connectivity index (χ3v) is 5.09. The highest BCUT2D eigenvalue weighted by atomic mass is 32.2. The average molecular weight is 366 g/mol. The van der Waals surface area contributed by atoms with E-state index < -0.39 is 15.8 Å². The van der Waals surface area contributed by atoms with Crippen LogP contribution < -0.4 is 10.9 Å². The number of rotatable bonds is 3. The molecule has 0 spiro atoms. The number of oxazole rings is 1. The Morgan fingerprint density at radius 2 is 1.58 bits per heavy atom. The fourth-order valence-corrected chi connectivity index (χ4v) is 3.40. The molecule has 0 aliphatic rings. The topological polar surface area (TPSA) is 95.3 Å². The maximum Gasteiger partial charge on any atom is 0.424 e. The van der Waals surface area contributed by atoms with Crippen LogP contribution in [0, 0.1) is 0 Å². The lowest BCUT2D eigenvalue weighted by molar-refractivity contribution is 0.504. The van der Waals surface area contributed by atoms with Crippen molar-refractivity contribution in [3.8, 4) is 16.9 Å². The van der Waals surface area contributed by atoms with Crippen LogP contribution in [0.3, 0.4) is 0 Å². The van der Waals surface area contributed by atoms with E-state index in [4.69, 9.17) is 9.56 Å². The normalized spacial score (nSPS) is 11.7. The summed E-state index contributed by atoms with van der Waals surface area (Å²) in [6.07, 6.45) is 1.35. The van der Waals surface area contributed by atoms with E-state index in [1.165, 1.54) is 23.0 Å². The SMILES string of the molecule is NS(=O)(=O)c1ccc(-c2coc(=O)n2-c2ccc3ccccc3c2)cc1. The summed E-state index contributed by atoms with van der Waals surface area (Å²) in [5.74, 6) is -0.522. The third kappa shape index (κ3) is 2.83. The second-order valence-electron chi connectivity index (χ2n) is 5.82. The van der Waals surface area contributed by atoms with Gasteiger partial charge in [-0.15, -0.1) is 0 Å². The largest absolute Gasteiger partial charge is 0.424 e. The van der Waals surface area contributed by atoms with Crippen molar-refractivity contribution in [3.05, 3.63) is 83.5 Å². The molecule has 0 fully saturated rings. The minimum atomic E-state index is -3.78. The van der Waals surface area contributed by atoms with Crippen LogP contribution in [0.4, 0.5) is 0 Å². The summed E-state index contributed by atoms with van der Waals surface area (Å²) in [6.45, 7) is 0. The molecule has 0 bridgehead atoms. The lowest BCUT2D eigenvalue weighted by atomic mass is 10.1. The average Bonchev–Trinajstić information content (AvgIpc) is 3.02. The summed E-state index contributed by atoms with van der Waals surface area (Å²) < 4.78 is 29.3. The van der Waals surface area contributed by atoms with Crippen molar-refractivity contribution in [2.24, 2.45) is 5.14 Å². The molecule has 130 valence electrons. The van der Waals surface area contributed by atoms with Gasteiger partial charge >= 0.3 is 5.76 Å². The van der Waals surface area contributed by atoms with Gasteiger partial charge in [-0.05, 0) is 35.0 Å². The first-order valence-electron chi connectivity index (χ1n) is 7.76. The van der Waals surface area contributed by atoms with E-state index in [2.05, 4.69) is 0 Å². The molecule has 26 heavy (non-hydrogen) atoms. The van der Waals surface area contributed by atoms with Gasteiger partial charge in [0.05, 0.1) is 16.3 Å². The summed E-state index contributed by atoms with van der Waals surface area (Å²) in [5, 5.41) is 7.18. The number of hydrogen-bond donors (Lipinski definition) is 1. The highest BCUT2D eigenvalue weighted by Crippen LogP contribution is 2.25. The van der Waals surface area contributed by atoms with Gasteiger partial charge in [0.2, 0.25) is 10.0 Å². The minimum absolute atomic E-state index is 0.00402. The molecule has 4 rings (SSSR count). The quantitative estimate of drug-likeness (QED) is 0.603. The number of primary sulfonamides is 1. The fourth-order valence-electron chi connectivity index (χ4n) is 2.88. The predicted molar refractivity (Wildman–Crippen MR) is 98.6 cm³/mol. The van der Waals surface area contributed by atoms with Crippen LogP contribution in [0.2, 0.25) is 0 Å². The van der Waals surface area contributed by atoms with E-state index in [-0.39, 0.29) is 4.90 Å². The first-order chi connectivity index (χ1) is 12.4. The van der Waals surface area contributed by atoms with Gasteiger partial charge in [0, 0.05) is 5.56 Å². The number of nitrogens with two attached hydrogens (primary N) is 1. The lowest BCUT2D eigenvalue weighted by Crippen LogP contribution is -2.13. The summed E-state index contributed by atoms with van der Waals surface area (Å²) in [6, 6.07) is 19.5. The van der Waals surface area contributed by atoms with E-state index >= 15 is 0 Å². The van der Waals surface area contributed by atoms with Crippen molar-refractivity contribution in [2.75, 3.05) is 0 Å². The zero-order chi connectivity index (χ0) is 18.3. The monoisotopic (exact) mass is 366 g/mol. The zero-order valence-corrected chi connectivity index (χ0v) is 14.3. The van der Waals surface area contributed by atoms with Gasteiger partial charge in [-0.25, -0.2) is 22.9 Å². The fraction of sp³-hybridized carbons (Fsp3) is 0. The summed E-state index contributed by atoms with van der Waals surface area (Å²) in [7, 11) is -3.78. The van der Waals surface area contributed by atoms with E-state index in [0.717, 1.165) is 10.8 Å². The molecular formula is C19H14N2O4S. The molecule has 0 amide bonds. The smallest absolute Gasteiger partial charge is 0.415 e. The Morgan fingerprint density at radius 3 is 2.27 bits per heavy atom. The van der Waals surface area contributed by atoms with Crippen molar-refractivity contribution in [3.63, 3.8) is 0 Å². The first kappa shape index (κ1) is 16.3. The Morgan fingerprint density at radius 1 is 0.885 bits per heavy atom. The molecule has 6 nitrogen and oxygen atoms in total. The van der Waals surface area contributed by atoms with Gasteiger partial charge in [-0.2, -0.15) is 0 Å². The number of hydrogen-bond acceptors (Lipinski definition) is 4. The van der Waals surface area contributed by atoms with Crippen molar-refractivity contribution in [1.82, 2.24) is 4.57 Å². The molecule has 7 heteroatoms. The molecule has 3 aromatic carbocycles. The third-order valence-electron chi connectivity index (χ3n) is 4.16. The summed E-state index contributed by atoms with van der Waals surface area (Å²) >= 11 is 0. The van der Waals surface area contributed by atoms with Crippen LogP contribution >= 0.6 is 0 Å². The Hall–Kier alpha value is -3.16. The van der Waals surface area contributed by atoms with Crippen molar-refractivity contribution < 1.29 is 12.8 Å². The van der Waals surface area contributed by atoms with Crippen LogP contribution in [0.1, 0.15) is 0 Å². The molecule has 4 aromatic rings. The Bertz CT molecular complexity index is 1270. The van der Waals surface area contributed by atoms with Gasteiger partial charge in [-0.3, -0.25) is 0 Å². The second-order valence-corrected chi connectivity index (χ2v) is 7.38. The molecule has 1 heterocycles. The number of aromatic nitrogens is 1. The number of sulfonamides is 1. The van der Waals surface area contributed by atoms with Gasteiger partial charge in [-0.1, -0.05) is 42.5 Å². The Labute approximate surface area is 149 Å². The lowest BCUT2D eigenvalue weighted by Gasteiger charge is -2.08. The van der Waals surface area contributed by atoms with Gasteiger partial charge in [0.25, 0.3) is 0 Å². The van der Waals surface area contributed by atoms with Crippen LogP contribution in [0.5, 0.6) is 0 Å². The van der Waals surface area contributed by atoms with E-state index in [0.29, 0.717) is 16.9 Å². The number of nitrogens with zero attached hydrogens (tertiary/aromatic N) is 1. The Balaban J connectivity index is 1.86. The maximum absolute atomic E-state index is 12.3. The standard InChI is InChI=1S/C19H14N2O4S/c20-26(23,24)17-9-6-14(7-10-17)18-12-25-19(22)21(18)16-8-5-13-3-1-2-4-15(13)11-16/h1-12H,(H2,20,23,24). The van der Waals surface area contributed by atoms with Crippen molar-refractivity contribution >= 4 is 20.8 Å². The van der Waals surface area contributed by atoms with Crippen molar-refractivity contribution in [2.45, 2.75) is 4.90 Å². The highest BCUT2D eigenvalue weighted by molar-refractivity contribution is 7.89. The predicted octanol–water partition coefficient (Wildman–Crippen LogP) is 2.90. The number of benzene rings is 3. The first-order valence-corrected chi connectivity index (χ1v) is 9.31. The molecule has 0 saturated heterocycles. The van der Waals surface area contributed by atoms with Crippen LogP contribution in [-0.2, 0) is 10.0 Å². The second kappa shape index (κ2) is 5.98. The highest BCUT2D eigenvalue weighted by Gasteiger charge is 2.14. The molecule has 0 unspecified atom stereocenters. The van der Waals surface area contributed by atoms with Gasteiger partial charge in [0.1, 0.15) is 6.26 Å².